The van der Waals surface area contributed by atoms with Crippen LogP contribution in [-0.4, -0.2) is 22.3 Å². The zero-order valence-corrected chi connectivity index (χ0v) is 14.2. The minimum absolute atomic E-state index is 0.0213. The van der Waals surface area contributed by atoms with Gasteiger partial charge in [-0.25, -0.2) is 4.98 Å². The van der Waals surface area contributed by atoms with E-state index >= 15 is 0 Å². The summed E-state index contributed by atoms with van der Waals surface area (Å²) in [4.78, 5) is 33.8. The second-order valence-electron chi connectivity index (χ2n) is 4.98. The Bertz CT molecular complexity index is 837. The lowest BCUT2D eigenvalue weighted by Crippen LogP contribution is -2.22. The summed E-state index contributed by atoms with van der Waals surface area (Å²) < 4.78 is 5.58. The van der Waals surface area contributed by atoms with Crippen molar-refractivity contribution in [2.45, 2.75) is 13.8 Å². The molecule has 1 aromatic rings. The Hall–Kier alpha value is -3.34. The van der Waals surface area contributed by atoms with Gasteiger partial charge in [-0.15, -0.1) is 0 Å². The molecule has 0 bridgehead atoms. The maximum atomic E-state index is 12.7. The molecule has 0 fully saturated rings. The molecule has 1 aliphatic rings. The van der Waals surface area contributed by atoms with Crippen LogP contribution in [-0.2, 0) is 0 Å². The highest BCUT2D eigenvalue weighted by molar-refractivity contribution is 6.30. The summed E-state index contributed by atoms with van der Waals surface area (Å²) in [5.74, 6) is -0.802. The smallest absolute Gasteiger partial charge is 0.246 e. The van der Waals surface area contributed by atoms with Crippen LogP contribution in [0.25, 0.3) is 0 Å². The van der Waals surface area contributed by atoms with Crippen LogP contribution in [0.3, 0.4) is 0 Å². The molecule has 1 heterocycles. The quantitative estimate of drug-likeness (QED) is 0.598. The first-order chi connectivity index (χ1) is 12.1. The van der Waals surface area contributed by atoms with E-state index in [9.17, 15) is 9.59 Å². The Morgan fingerprint density at radius 1 is 1.04 bits per heavy atom. The molecule has 0 saturated carbocycles. The number of nitrogens with zero attached hydrogens (tertiary/aromatic N) is 2. The van der Waals surface area contributed by atoms with Crippen molar-refractivity contribution in [2.75, 3.05) is 0 Å². The van der Waals surface area contributed by atoms with E-state index in [-0.39, 0.29) is 28.5 Å². The molecular formula is C20H18N2O3. The third-order valence-corrected chi connectivity index (χ3v) is 3.30. The van der Waals surface area contributed by atoms with Crippen molar-refractivity contribution < 1.29 is 14.0 Å². The summed E-state index contributed by atoms with van der Waals surface area (Å²) >= 11 is 0. The topological polar surface area (TPSA) is 72.5 Å². The van der Waals surface area contributed by atoms with Gasteiger partial charge in [0.15, 0.2) is 5.69 Å². The molecule has 5 nitrogen and oxygen atoms in total. The van der Waals surface area contributed by atoms with E-state index < -0.39 is 11.6 Å². The number of oxazole rings is 1. The molecule has 0 aliphatic heterocycles. The lowest BCUT2D eigenvalue weighted by molar-refractivity contribution is 0.0952. The van der Waals surface area contributed by atoms with Crippen molar-refractivity contribution >= 4 is 17.3 Å². The first-order valence-corrected chi connectivity index (χ1v) is 7.67. The predicted octanol–water partition coefficient (Wildman–Crippen LogP) is 4.18. The summed E-state index contributed by atoms with van der Waals surface area (Å²) in [5, 5.41) is 0. The molecular weight excluding hydrogens is 316 g/mol. The number of rotatable bonds is 5. The molecule has 0 unspecified atom stereocenters. The van der Waals surface area contributed by atoms with Crippen LogP contribution in [0.15, 0.2) is 82.4 Å². The summed E-state index contributed by atoms with van der Waals surface area (Å²) in [7, 11) is 0. The van der Waals surface area contributed by atoms with Gasteiger partial charge in [0, 0.05) is 17.3 Å². The van der Waals surface area contributed by atoms with E-state index in [1.54, 1.807) is 24.4 Å². The zero-order chi connectivity index (χ0) is 18.4. The fourth-order valence-electron chi connectivity index (χ4n) is 2.28. The highest BCUT2D eigenvalue weighted by Gasteiger charge is 2.37. The number of ketones is 2. The number of hydrogen-bond acceptors (Lipinski definition) is 5. The van der Waals surface area contributed by atoms with Gasteiger partial charge in [0.1, 0.15) is 5.71 Å². The fourth-order valence-corrected chi connectivity index (χ4v) is 2.28. The van der Waals surface area contributed by atoms with Crippen molar-refractivity contribution in [3.8, 4) is 0 Å². The Morgan fingerprint density at radius 2 is 1.68 bits per heavy atom. The largest absolute Gasteiger partial charge is 0.430 e. The van der Waals surface area contributed by atoms with Crippen LogP contribution in [0.2, 0.25) is 0 Å². The van der Waals surface area contributed by atoms with Crippen molar-refractivity contribution in [2.24, 2.45) is 4.99 Å². The molecule has 0 atom stereocenters. The van der Waals surface area contributed by atoms with Crippen LogP contribution < -0.4 is 0 Å². The lowest BCUT2D eigenvalue weighted by atomic mass is 9.88. The number of hydrogen-bond donors (Lipinski definition) is 0. The van der Waals surface area contributed by atoms with E-state index in [0.29, 0.717) is 5.71 Å². The van der Waals surface area contributed by atoms with Crippen LogP contribution in [0, 0.1) is 0 Å². The Morgan fingerprint density at radius 3 is 2.24 bits per heavy atom. The molecule has 0 radical (unpaired) electrons. The van der Waals surface area contributed by atoms with E-state index in [1.165, 1.54) is 24.3 Å². The van der Waals surface area contributed by atoms with Gasteiger partial charge in [0.25, 0.3) is 0 Å². The average Bonchev–Trinajstić information content (AvgIpc) is 3.05. The van der Waals surface area contributed by atoms with Gasteiger partial charge in [-0.3, -0.25) is 14.6 Å². The molecule has 0 N–H and O–H groups in total. The third-order valence-electron chi connectivity index (χ3n) is 3.30. The molecule has 25 heavy (non-hydrogen) atoms. The summed E-state index contributed by atoms with van der Waals surface area (Å²) in [5.41, 5.74) is 0.810. The number of carbonyl (C=O) groups is 2. The standard InChI is InChI=1S/C20H18N2O3/c1-5-9-13-14(10-6-2)18(24)19-16(17(13)23)22-20(25-19)15(11-7-3)21-12-8-4/h5-12H,1-2H2,3-4H3/b11-7-,12-8-,13-9+,14-10+,21-15+. The molecule has 0 spiro atoms. The number of carbonyl (C=O) groups excluding carboxylic acids is 2. The first kappa shape index (κ1) is 18.0. The number of aliphatic imine (C=N–C) groups is 1. The lowest BCUT2D eigenvalue weighted by Gasteiger charge is -2.13. The van der Waals surface area contributed by atoms with Crippen LogP contribution in [0.5, 0.6) is 0 Å². The summed E-state index contributed by atoms with van der Waals surface area (Å²) in [6.45, 7) is 10.8. The summed E-state index contributed by atoms with van der Waals surface area (Å²) in [6, 6.07) is 0. The number of aromatic nitrogens is 1. The van der Waals surface area contributed by atoms with Gasteiger partial charge in [-0.2, -0.15) is 0 Å². The Labute approximate surface area is 146 Å². The maximum Gasteiger partial charge on any atom is 0.246 e. The zero-order valence-electron chi connectivity index (χ0n) is 14.2. The molecule has 1 aromatic heterocycles. The molecule has 1 aliphatic carbocycles. The number of fused-ring (bicyclic) bond motifs is 1. The van der Waals surface area contributed by atoms with Gasteiger partial charge < -0.3 is 4.42 Å². The second-order valence-corrected chi connectivity index (χ2v) is 4.98. The summed E-state index contributed by atoms with van der Waals surface area (Å²) in [6.07, 6.45) is 12.6. The minimum Gasteiger partial charge on any atom is -0.430 e. The predicted molar refractivity (Wildman–Crippen MR) is 97.9 cm³/mol. The maximum absolute atomic E-state index is 12.7. The van der Waals surface area contributed by atoms with Crippen molar-refractivity contribution in [1.82, 2.24) is 4.98 Å². The van der Waals surface area contributed by atoms with Gasteiger partial charge in [-0.05, 0) is 19.9 Å². The SMILES string of the molecule is C=C/C=C1/C(=O)c2nc(C(/C=C\C)=N/C=C\C)oc2C(=O)/C1=C/C=C. The Balaban J connectivity index is 2.67. The normalized spacial score (nSPS) is 18.6. The molecule has 0 aromatic carbocycles. The van der Waals surface area contributed by atoms with E-state index in [0.717, 1.165) is 0 Å². The Kier molecular flexibility index (Phi) is 5.74. The van der Waals surface area contributed by atoms with E-state index in [4.69, 9.17) is 4.42 Å². The van der Waals surface area contributed by atoms with Crippen LogP contribution in [0.4, 0.5) is 0 Å². The van der Waals surface area contributed by atoms with Gasteiger partial charge in [0.2, 0.25) is 23.2 Å². The van der Waals surface area contributed by atoms with Crippen molar-refractivity contribution in [1.29, 1.82) is 0 Å². The third kappa shape index (κ3) is 3.45. The fraction of sp³-hybridized carbons (Fsp3) is 0.100. The highest BCUT2D eigenvalue weighted by atomic mass is 16.4. The molecule has 0 saturated heterocycles. The number of Topliss-reactive ketones (excluding diaryl/α,β-unsaturated/α-hetero) is 2. The van der Waals surface area contributed by atoms with Crippen LogP contribution >= 0.6 is 0 Å². The van der Waals surface area contributed by atoms with Crippen molar-refractivity contribution in [3.05, 3.63) is 90.4 Å². The molecule has 0 amide bonds. The molecule has 2 rings (SSSR count). The van der Waals surface area contributed by atoms with Crippen LogP contribution in [0.1, 0.15) is 40.8 Å². The highest BCUT2D eigenvalue weighted by Crippen LogP contribution is 2.30. The molecule has 126 valence electrons. The van der Waals surface area contributed by atoms with Gasteiger partial charge >= 0.3 is 0 Å². The average molecular weight is 334 g/mol. The second kappa shape index (κ2) is 7.97. The first-order valence-electron chi connectivity index (χ1n) is 7.67. The van der Waals surface area contributed by atoms with Gasteiger partial charge in [-0.1, -0.05) is 49.6 Å². The van der Waals surface area contributed by atoms with Gasteiger partial charge in [0.05, 0.1) is 0 Å². The monoisotopic (exact) mass is 334 g/mol. The minimum atomic E-state index is -0.424. The van der Waals surface area contributed by atoms with E-state index in [1.807, 2.05) is 13.8 Å². The molecule has 5 heteroatoms. The van der Waals surface area contributed by atoms with Crippen molar-refractivity contribution in [3.63, 3.8) is 0 Å². The number of allylic oxidation sites excluding steroid dienone is 9. The van der Waals surface area contributed by atoms with E-state index in [2.05, 4.69) is 23.1 Å².